The van der Waals surface area contributed by atoms with Gasteiger partial charge in [0.15, 0.2) is 5.96 Å². The van der Waals surface area contributed by atoms with Gasteiger partial charge in [0.05, 0.1) is 25.9 Å². The molecule has 2 N–H and O–H groups in total. The van der Waals surface area contributed by atoms with Crippen LogP contribution in [-0.4, -0.2) is 69.9 Å². The highest BCUT2D eigenvalue weighted by Gasteiger charge is 2.17. The Morgan fingerprint density at radius 3 is 2.81 bits per heavy atom. The molecule has 7 heteroatoms. The van der Waals surface area contributed by atoms with Crippen LogP contribution in [0, 0.1) is 5.92 Å². The first-order chi connectivity index (χ1) is 12.7. The van der Waals surface area contributed by atoms with Crippen molar-refractivity contribution in [3.8, 4) is 0 Å². The Labute approximate surface area is 181 Å². The molecule has 2 unspecified atom stereocenters. The molecule has 1 fully saturated rings. The normalized spacial score (nSPS) is 19.2. The zero-order chi connectivity index (χ0) is 18.6. The summed E-state index contributed by atoms with van der Waals surface area (Å²) >= 11 is 0. The topological polar surface area (TPSA) is 58.1 Å². The van der Waals surface area contributed by atoms with Gasteiger partial charge in [-0.1, -0.05) is 37.3 Å². The molecular formula is C20H35IN4O2. The first kappa shape index (κ1) is 24.1. The second kappa shape index (κ2) is 14.1. The highest BCUT2D eigenvalue weighted by molar-refractivity contribution is 14.0. The Bertz CT molecular complexity index is 530. The maximum absolute atomic E-state index is 5.81. The molecule has 0 spiro atoms. The molecule has 1 aromatic rings. The van der Waals surface area contributed by atoms with Crippen molar-refractivity contribution in [2.24, 2.45) is 10.9 Å². The minimum absolute atomic E-state index is 0. The smallest absolute Gasteiger partial charge is 0.191 e. The number of morpholine rings is 1. The van der Waals surface area contributed by atoms with Gasteiger partial charge in [0.25, 0.3) is 0 Å². The quantitative estimate of drug-likeness (QED) is 0.316. The van der Waals surface area contributed by atoms with Gasteiger partial charge in [-0.05, 0) is 25.5 Å². The van der Waals surface area contributed by atoms with Crippen LogP contribution >= 0.6 is 24.0 Å². The highest BCUT2D eigenvalue weighted by atomic mass is 127. The molecule has 0 radical (unpaired) electrons. The molecule has 6 nitrogen and oxygen atoms in total. The van der Waals surface area contributed by atoms with Crippen LogP contribution in [0.25, 0.3) is 0 Å². The third kappa shape index (κ3) is 10.3. The number of rotatable bonds is 9. The summed E-state index contributed by atoms with van der Waals surface area (Å²) in [6, 6.07) is 10.3. The first-order valence-corrected chi connectivity index (χ1v) is 9.61. The van der Waals surface area contributed by atoms with E-state index >= 15 is 0 Å². The van der Waals surface area contributed by atoms with Crippen molar-refractivity contribution >= 4 is 29.9 Å². The zero-order valence-electron chi connectivity index (χ0n) is 16.8. The molecule has 1 aliphatic heterocycles. The molecule has 0 saturated carbocycles. The second-order valence-electron chi connectivity index (χ2n) is 6.96. The molecular weight excluding hydrogens is 455 g/mol. The van der Waals surface area contributed by atoms with Crippen molar-refractivity contribution in [2.75, 3.05) is 53.0 Å². The van der Waals surface area contributed by atoms with Crippen LogP contribution in [0.5, 0.6) is 0 Å². The van der Waals surface area contributed by atoms with Gasteiger partial charge in [-0.25, -0.2) is 0 Å². The molecule has 0 amide bonds. The van der Waals surface area contributed by atoms with E-state index < -0.39 is 0 Å². The maximum Gasteiger partial charge on any atom is 0.191 e. The monoisotopic (exact) mass is 490 g/mol. The van der Waals surface area contributed by atoms with Gasteiger partial charge in [0.2, 0.25) is 0 Å². The summed E-state index contributed by atoms with van der Waals surface area (Å²) in [6.07, 6.45) is 0.212. The van der Waals surface area contributed by atoms with Crippen LogP contribution in [0.2, 0.25) is 0 Å². The molecule has 0 aliphatic carbocycles. The lowest BCUT2D eigenvalue weighted by atomic mass is 10.2. The van der Waals surface area contributed by atoms with Gasteiger partial charge in [-0.2, -0.15) is 0 Å². The van der Waals surface area contributed by atoms with Crippen LogP contribution in [0.1, 0.15) is 19.4 Å². The van der Waals surface area contributed by atoms with E-state index in [0.717, 1.165) is 45.3 Å². The Balaban J connectivity index is 0.00000364. The minimum Gasteiger partial charge on any atom is -0.376 e. The van der Waals surface area contributed by atoms with Crippen molar-refractivity contribution in [1.29, 1.82) is 0 Å². The molecule has 0 aromatic heterocycles. The standard InChI is InChI=1S/C20H34N4O2.HI/c1-4-21-20(23-13-19-14-24(3)10-11-26-19)22-12-17(2)15-25-16-18-8-6-5-7-9-18;/h5-9,17,19H,4,10-16H2,1-3H3,(H2,21,22,23);1H. The van der Waals surface area contributed by atoms with E-state index in [9.17, 15) is 0 Å². The third-order valence-corrected chi connectivity index (χ3v) is 4.26. The summed E-state index contributed by atoms with van der Waals surface area (Å²) in [5.41, 5.74) is 1.20. The van der Waals surface area contributed by atoms with E-state index in [1.165, 1.54) is 5.56 Å². The SMILES string of the molecule is CCNC(=NCC(C)COCc1ccccc1)NCC1CN(C)CCO1.I. The predicted octanol–water partition coefficient (Wildman–Crippen LogP) is 2.34. The molecule has 2 rings (SSSR count). The highest BCUT2D eigenvalue weighted by Crippen LogP contribution is 2.04. The molecule has 154 valence electrons. The van der Waals surface area contributed by atoms with Crippen LogP contribution in [0.15, 0.2) is 35.3 Å². The number of ether oxygens (including phenoxy) is 2. The number of benzene rings is 1. The van der Waals surface area contributed by atoms with Crippen LogP contribution in [0.4, 0.5) is 0 Å². The molecule has 2 atom stereocenters. The summed E-state index contributed by atoms with van der Waals surface area (Å²) in [4.78, 5) is 6.99. The predicted molar refractivity (Wildman–Crippen MR) is 122 cm³/mol. The largest absolute Gasteiger partial charge is 0.376 e. The van der Waals surface area contributed by atoms with Gasteiger partial charge < -0.3 is 25.0 Å². The Hall–Kier alpha value is -0.900. The lowest BCUT2D eigenvalue weighted by molar-refractivity contribution is -0.0161. The first-order valence-electron chi connectivity index (χ1n) is 9.61. The van der Waals surface area contributed by atoms with E-state index in [1.54, 1.807) is 0 Å². The molecule has 1 aliphatic rings. The number of likely N-dealkylation sites (N-methyl/N-ethyl adjacent to an activating group) is 1. The van der Waals surface area contributed by atoms with Gasteiger partial charge in [-0.3, -0.25) is 4.99 Å². The molecule has 27 heavy (non-hydrogen) atoms. The van der Waals surface area contributed by atoms with Gasteiger partial charge in [-0.15, -0.1) is 24.0 Å². The summed E-state index contributed by atoms with van der Waals surface area (Å²) in [7, 11) is 2.13. The van der Waals surface area contributed by atoms with E-state index in [2.05, 4.69) is 53.6 Å². The Morgan fingerprint density at radius 2 is 2.11 bits per heavy atom. The summed E-state index contributed by atoms with van der Waals surface area (Å²) in [6.45, 7) is 10.7. The molecule has 1 saturated heterocycles. The Kier molecular flexibility index (Phi) is 12.6. The Morgan fingerprint density at radius 1 is 1.33 bits per heavy atom. The number of hydrogen-bond acceptors (Lipinski definition) is 4. The number of guanidine groups is 1. The number of nitrogens with zero attached hydrogens (tertiary/aromatic N) is 2. The zero-order valence-corrected chi connectivity index (χ0v) is 19.1. The molecule has 1 aromatic carbocycles. The number of hydrogen-bond donors (Lipinski definition) is 2. The van der Waals surface area contributed by atoms with Crippen LogP contribution in [0.3, 0.4) is 0 Å². The van der Waals surface area contributed by atoms with Gasteiger partial charge in [0.1, 0.15) is 0 Å². The van der Waals surface area contributed by atoms with E-state index in [1.807, 2.05) is 18.2 Å². The minimum atomic E-state index is 0. The fourth-order valence-electron chi connectivity index (χ4n) is 2.79. The fourth-order valence-corrected chi connectivity index (χ4v) is 2.79. The summed E-state index contributed by atoms with van der Waals surface area (Å²) < 4.78 is 11.6. The number of aliphatic imine (C=N–C) groups is 1. The second-order valence-corrected chi connectivity index (χ2v) is 6.96. The van der Waals surface area contributed by atoms with Crippen LogP contribution < -0.4 is 10.6 Å². The molecule has 0 bridgehead atoms. The van der Waals surface area contributed by atoms with Gasteiger partial charge >= 0.3 is 0 Å². The van der Waals surface area contributed by atoms with Crippen molar-refractivity contribution in [2.45, 2.75) is 26.6 Å². The van der Waals surface area contributed by atoms with E-state index in [-0.39, 0.29) is 30.1 Å². The summed E-state index contributed by atoms with van der Waals surface area (Å²) in [5.74, 6) is 1.21. The third-order valence-electron chi connectivity index (χ3n) is 4.26. The number of halogens is 1. The lowest BCUT2D eigenvalue weighted by Gasteiger charge is -2.30. The summed E-state index contributed by atoms with van der Waals surface area (Å²) in [5, 5.41) is 6.69. The van der Waals surface area contributed by atoms with Crippen molar-refractivity contribution in [1.82, 2.24) is 15.5 Å². The van der Waals surface area contributed by atoms with Crippen molar-refractivity contribution in [3.05, 3.63) is 35.9 Å². The fraction of sp³-hybridized carbons (Fsp3) is 0.650. The van der Waals surface area contributed by atoms with E-state index in [4.69, 9.17) is 9.47 Å². The van der Waals surface area contributed by atoms with Crippen molar-refractivity contribution < 1.29 is 9.47 Å². The average molecular weight is 490 g/mol. The van der Waals surface area contributed by atoms with Crippen LogP contribution in [-0.2, 0) is 16.1 Å². The maximum atomic E-state index is 5.81. The molecule has 1 heterocycles. The lowest BCUT2D eigenvalue weighted by Crippen LogP contribution is -2.48. The number of nitrogens with one attached hydrogen (secondary N) is 2. The van der Waals surface area contributed by atoms with Crippen molar-refractivity contribution in [3.63, 3.8) is 0 Å². The van der Waals surface area contributed by atoms with E-state index in [0.29, 0.717) is 19.1 Å². The average Bonchev–Trinajstić information content (AvgIpc) is 2.65. The van der Waals surface area contributed by atoms with Gasteiger partial charge in [0, 0.05) is 32.7 Å².